The Morgan fingerprint density at radius 2 is 1.86 bits per heavy atom. The Labute approximate surface area is 167 Å². The summed E-state index contributed by atoms with van der Waals surface area (Å²) in [4.78, 5) is 47.2. The summed E-state index contributed by atoms with van der Waals surface area (Å²) < 4.78 is 10.5. The van der Waals surface area contributed by atoms with Gasteiger partial charge in [0.1, 0.15) is 0 Å². The molecule has 0 aromatic heterocycles. The molecule has 0 radical (unpaired) electrons. The highest BCUT2D eigenvalue weighted by Gasteiger charge is 2.36. The summed E-state index contributed by atoms with van der Waals surface area (Å²) in [5.74, 6) is -0.311. The first-order valence-corrected chi connectivity index (χ1v) is 8.97. The van der Waals surface area contributed by atoms with Crippen molar-refractivity contribution in [2.24, 2.45) is 0 Å². The highest BCUT2D eigenvalue weighted by atomic mass is 32.2. The van der Waals surface area contributed by atoms with Crippen LogP contribution >= 0.6 is 11.8 Å². The number of hydrogen-bond acceptors (Lipinski definition) is 8. The van der Waals surface area contributed by atoms with Crippen LogP contribution in [-0.2, 0) is 4.79 Å². The molecular formula is C18H11N3O7S. The molecule has 2 aromatic carbocycles. The monoisotopic (exact) mass is 413 g/mol. The average Bonchev–Trinajstić information content (AvgIpc) is 3.27. The van der Waals surface area contributed by atoms with Crippen molar-refractivity contribution in [2.75, 3.05) is 6.79 Å². The standard InChI is InChI=1S/C18H11N3O7S/c22-16(11-2-4-12(5-3-11)21(25)26)19-20-17(23)15(29-18(20)24)8-10-1-6-13-14(7-10)28-9-27-13/h1-8H,9H2,(H,19,22)/b15-8-. The topological polar surface area (TPSA) is 128 Å². The number of nitrogens with one attached hydrogen (secondary N) is 1. The number of carbonyl (C=O) groups excluding carboxylic acids is 3. The third-order valence-electron chi connectivity index (χ3n) is 4.04. The van der Waals surface area contributed by atoms with Crippen molar-refractivity contribution in [3.63, 3.8) is 0 Å². The van der Waals surface area contributed by atoms with E-state index in [1.807, 2.05) is 0 Å². The number of nitro benzene ring substituents is 1. The SMILES string of the molecule is O=C(NN1C(=O)S/C(=C\c2ccc3c(c2)OCO3)C1=O)c1ccc([N+](=O)[O-])cc1. The van der Waals surface area contributed by atoms with Crippen LogP contribution in [0.2, 0.25) is 0 Å². The van der Waals surface area contributed by atoms with Crippen LogP contribution in [0.1, 0.15) is 15.9 Å². The van der Waals surface area contributed by atoms with Crippen LogP contribution in [0.25, 0.3) is 6.08 Å². The van der Waals surface area contributed by atoms with Gasteiger partial charge in [0, 0.05) is 17.7 Å². The number of carbonyl (C=O) groups is 3. The Morgan fingerprint density at radius 1 is 1.14 bits per heavy atom. The lowest BCUT2D eigenvalue weighted by Crippen LogP contribution is -2.44. The molecule has 146 valence electrons. The van der Waals surface area contributed by atoms with Gasteiger partial charge in [-0.25, -0.2) is 0 Å². The van der Waals surface area contributed by atoms with E-state index in [1.54, 1.807) is 18.2 Å². The second kappa shape index (κ2) is 7.28. The molecule has 0 atom stereocenters. The predicted molar refractivity (Wildman–Crippen MR) is 101 cm³/mol. The van der Waals surface area contributed by atoms with Crippen LogP contribution in [0.4, 0.5) is 10.5 Å². The van der Waals surface area contributed by atoms with Gasteiger partial charge in [0.15, 0.2) is 11.5 Å². The largest absolute Gasteiger partial charge is 0.454 e. The molecule has 4 rings (SSSR count). The predicted octanol–water partition coefficient (Wildman–Crippen LogP) is 2.70. The number of imide groups is 1. The fourth-order valence-electron chi connectivity index (χ4n) is 2.62. The minimum absolute atomic E-state index is 0.0643. The molecule has 0 unspecified atom stereocenters. The van der Waals surface area contributed by atoms with Crippen LogP contribution in [0.3, 0.4) is 0 Å². The number of thioether (sulfide) groups is 1. The zero-order chi connectivity index (χ0) is 20.5. The Hall–Kier alpha value is -3.86. The van der Waals surface area contributed by atoms with E-state index in [4.69, 9.17) is 9.47 Å². The molecule has 2 aliphatic heterocycles. The van der Waals surface area contributed by atoms with Crippen molar-refractivity contribution >= 4 is 40.6 Å². The molecule has 11 heteroatoms. The molecule has 2 heterocycles. The van der Waals surface area contributed by atoms with E-state index in [9.17, 15) is 24.5 Å². The van der Waals surface area contributed by atoms with E-state index in [1.165, 1.54) is 18.2 Å². The van der Waals surface area contributed by atoms with Crippen molar-refractivity contribution in [1.82, 2.24) is 10.4 Å². The molecule has 1 N–H and O–H groups in total. The first-order valence-electron chi connectivity index (χ1n) is 8.15. The van der Waals surface area contributed by atoms with E-state index < -0.39 is 22.0 Å². The van der Waals surface area contributed by atoms with Crippen molar-refractivity contribution < 1.29 is 28.8 Å². The lowest BCUT2D eigenvalue weighted by atomic mass is 10.2. The third-order valence-corrected chi connectivity index (χ3v) is 4.91. The molecule has 1 fully saturated rings. The fourth-order valence-corrected chi connectivity index (χ4v) is 3.40. The minimum Gasteiger partial charge on any atom is -0.454 e. The molecular weight excluding hydrogens is 402 g/mol. The van der Waals surface area contributed by atoms with Gasteiger partial charge in [0.2, 0.25) is 6.79 Å². The van der Waals surface area contributed by atoms with Crippen molar-refractivity contribution in [3.8, 4) is 11.5 Å². The molecule has 2 aliphatic rings. The van der Waals surface area contributed by atoms with Crippen LogP contribution in [-0.4, -0.2) is 33.8 Å². The minimum atomic E-state index is -0.744. The van der Waals surface area contributed by atoms with Crippen molar-refractivity contribution in [1.29, 1.82) is 0 Å². The quantitative estimate of drug-likeness (QED) is 0.460. The normalized spacial score (nSPS) is 16.4. The zero-order valence-corrected chi connectivity index (χ0v) is 15.3. The number of rotatable bonds is 4. The van der Waals surface area contributed by atoms with Gasteiger partial charge in [-0.1, -0.05) is 6.07 Å². The second-order valence-electron chi connectivity index (χ2n) is 5.87. The highest BCUT2D eigenvalue weighted by molar-refractivity contribution is 8.18. The van der Waals surface area contributed by atoms with Crippen molar-refractivity contribution in [2.45, 2.75) is 0 Å². The summed E-state index contributed by atoms with van der Waals surface area (Å²) in [6.07, 6.45) is 1.50. The maximum Gasteiger partial charge on any atom is 0.312 e. The zero-order valence-electron chi connectivity index (χ0n) is 14.5. The molecule has 3 amide bonds. The molecule has 2 aromatic rings. The number of hydrazine groups is 1. The van der Waals surface area contributed by atoms with E-state index in [2.05, 4.69) is 5.43 Å². The number of ether oxygens (including phenoxy) is 2. The van der Waals surface area contributed by atoms with Crippen LogP contribution < -0.4 is 14.9 Å². The number of amides is 3. The summed E-state index contributed by atoms with van der Waals surface area (Å²) in [5, 5.41) is 10.6. The number of hydrogen-bond donors (Lipinski definition) is 1. The molecule has 1 saturated heterocycles. The van der Waals surface area contributed by atoms with Gasteiger partial charge in [0.05, 0.1) is 9.83 Å². The third kappa shape index (κ3) is 3.62. The number of nitrogens with zero attached hydrogens (tertiary/aromatic N) is 2. The van der Waals surface area contributed by atoms with E-state index >= 15 is 0 Å². The van der Waals surface area contributed by atoms with Crippen LogP contribution in [0, 0.1) is 10.1 Å². The molecule has 0 saturated carbocycles. The summed E-state index contributed by atoms with van der Waals surface area (Å²) in [7, 11) is 0. The molecule has 0 aliphatic carbocycles. The Morgan fingerprint density at radius 3 is 2.59 bits per heavy atom. The smallest absolute Gasteiger partial charge is 0.312 e. The van der Waals surface area contributed by atoms with Crippen molar-refractivity contribution in [3.05, 3.63) is 68.6 Å². The van der Waals surface area contributed by atoms with E-state index in [-0.39, 0.29) is 22.9 Å². The van der Waals surface area contributed by atoms with Gasteiger partial charge >= 0.3 is 5.24 Å². The molecule has 10 nitrogen and oxygen atoms in total. The van der Waals surface area contributed by atoms with Crippen LogP contribution in [0.15, 0.2) is 47.4 Å². The number of fused-ring (bicyclic) bond motifs is 1. The van der Waals surface area contributed by atoms with Gasteiger partial charge in [0.25, 0.3) is 17.5 Å². The first-order chi connectivity index (χ1) is 13.9. The molecule has 0 bridgehead atoms. The van der Waals surface area contributed by atoms with E-state index in [0.29, 0.717) is 33.8 Å². The molecule has 0 spiro atoms. The summed E-state index contributed by atoms with van der Waals surface area (Å²) in [6.45, 7) is 0.115. The Bertz CT molecular complexity index is 1080. The average molecular weight is 413 g/mol. The van der Waals surface area contributed by atoms with E-state index in [0.717, 1.165) is 12.1 Å². The highest BCUT2D eigenvalue weighted by Crippen LogP contribution is 2.35. The summed E-state index contributed by atoms with van der Waals surface area (Å²) >= 11 is 0.676. The summed E-state index contributed by atoms with van der Waals surface area (Å²) in [5.41, 5.74) is 2.73. The van der Waals surface area contributed by atoms with Gasteiger partial charge in [-0.05, 0) is 47.7 Å². The van der Waals surface area contributed by atoms with Crippen LogP contribution in [0.5, 0.6) is 11.5 Å². The maximum absolute atomic E-state index is 12.5. The Balaban J connectivity index is 1.49. The van der Waals surface area contributed by atoms with Gasteiger partial charge in [-0.3, -0.25) is 29.9 Å². The number of nitro groups is 1. The first kappa shape index (κ1) is 18.5. The second-order valence-corrected chi connectivity index (χ2v) is 6.87. The fraction of sp³-hybridized carbons (Fsp3) is 0.0556. The number of non-ortho nitro benzene ring substituents is 1. The maximum atomic E-state index is 12.5. The van der Waals surface area contributed by atoms with Gasteiger partial charge in [-0.15, -0.1) is 0 Å². The lowest BCUT2D eigenvalue weighted by molar-refractivity contribution is -0.384. The molecule has 29 heavy (non-hydrogen) atoms. The number of benzene rings is 2. The van der Waals surface area contributed by atoms with Gasteiger partial charge in [-0.2, -0.15) is 5.01 Å². The Kier molecular flexibility index (Phi) is 4.64. The lowest BCUT2D eigenvalue weighted by Gasteiger charge is -2.13. The summed E-state index contributed by atoms with van der Waals surface area (Å²) in [6, 6.07) is 9.84. The van der Waals surface area contributed by atoms with Gasteiger partial charge < -0.3 is 9.47 Å².